The quantitative estimate of drug-likeness (QED) is 0.881. The maximum absolute atomic E-state index is 14.0. The van der Waals surface area contributed by atoms with Crippen LogP contribution >= 0.6 is 11.3 Å². The lowest BCUT2D eigenvalue weighted by atomic mass is 10.0. The molecular formula is C16H20F2N2S. The van der Waals surface area contributed by atoms with Crippen molar-refractivity contribution in [2.75, 3.05) is 0 Å². The number of benzene rings is 1. The Bertz CT molecular complexity index is 652. The molecule has 0 amide bonds. The molecule has 0 fully saturated rings. The van der Waals surface area contributed by atoms with E-state index in [-0.39, 0.29) is 23.7 Å². The number of nitrogens with one attached hydrogen (secondary N) is 1. The van der Waals surface area contributed by atoms with Crippen LogP contribution in [0, 0.1) is 32.4 Å². The van der Waals surface area contributed by atoms with Crippen molar-refractivity contribution in [2.24, 2.45) is 0 Å². The van der Waals surface area contributed by atoms with Crippen LogP contribution in [0.3, 0.4) is 0 Å². The van der Waals surface area contributed by atoms with Crippen molar-refractivity contribution in [3.8, 4) is 0 Å². The SMILES string of the molecule is Cc1nc(C)c(C(C)NC(C)c2cc(F)c(C)cc2F)s1. The third-order valence-corrected chi connectivity index (χ3v) is 4.83. The normalized spacial score (nSPS) is 14.2. The van der Waals surface area contributed by atoms with E-state index in [1.807, 2.05) is 27.7 Å². The Kier molecular flexibility index (Phi) is 4.74. The molecule has 1 aromatic carbocycles. The predicted octanol–water partition coefficient (Wildman–Crippen LogP) is 4.76. The summed E-state index contributed by atoms with van der Waals surface area (Å²) in [6.07, 6.45) is 0. The molecule has 2 aromatic rings. The maximum Gasteiger partial charge on any atom is 0.128 e. The number of nitrogens with zero attached hydrogens (tertiary/aromatic N) is 1. The van der Waals surface area contributed by atoms with Gasteiger partial charge >= 0.3 is 0 Å². The molecule has 2 atom stereocenters. The number of halogens is 2. The molecule has 0 saturated heterocycles. The van der Waals surface area contributed by atoms with Crippen LogP contribution in [0.5, 0.6) is 0 Å². The largest absolute Gasteiger partial charge is 0.303 e. The van der Waals surface area contributed by atoms with Gasteiger partial charge in [-0.2, -0.15) is 0 Å². The first-order chi connectivity index (χ1) is 9.79. The minimum atomic E-state index is -0.377. The second-order valence-corrected chi connectivity index (χ2v) is 6.65. The highest BCUT2D eigenvalue weighted by Crippen LogP contribution is 2.28. The van der Waals surface area contributed by atoms with Crippen molar-refractivity contribution in [2.45, 2.75) is 46.7 Å². The Balaban J connectivity index is 2.20. The minimum absolute atomic E-state index is 0.0370. The maximum atomic E-state index is 14.0. The lowest BCUT2D eigenvalue weighted by Crippen LogP contribution is -2.23. The smallest absolute Gasteiger partial charge is 0.128 e. The minimum Gasteiger partial charge on any atom is -0.303 e. The summed E-state index contributed by atoms with van der Waals surface area (Å²) >= 11 is 1.63. The van der Waals surface area contributed by atoms with Crippen LogP contribution in [0.25, 0.3) is 0 Å². The summed E-state index contributed by atoms with van der Waals surface area (Å²) in [5, 5.41) is 4.33. The van der Waals surface area contributed by atoms with E-state index in [4.69, 9.17) is 0 Å². The van der Waals surface area contributed by atoms with Crippen molar-refractivity contribution in [1.82, 2.24) is 10.3 Å². The first-order valence-electron chi connectivity index (χ1n) is 6.95. The van der Waals surface area contributed by atoms with Gasteiger partial charge in [0.25, 0.3) is 0 Å². The topological polar surface area (TPSA) is 24.9 Å². The summed E-state index contributed by atoms with van der Waals surface area (Å²) < 4.78 is 27.6. The molecule has 21 heavy (non-hydrogen) atoms. The Morgan fingerprint density at radius 1 is 1.05 bits per heavy atom. The summed E-state index contributed by atoms with van der Waals surface area (Å²) in [6, 6.07) is 2.28. The summed E-state index contributed by atoms with van der Waals surface area (Å²) in [5.74, 6) is -0.754. The van der Waals surface area contributed by atoms with E-state index in [9.17, 15) is 8.78 Å². The van der Waals surface area contributed by atoms with Crippen LogP contribution in [-0.4, -0.2) is 4.98 Å². The zero-order chi connectivity index (χ0) is 15.7. The zero-order valence-corrected chi connectivity index (χ0v) is 13.7. The number of hydrogen-bond acceptors (Lipinski definition) is 3. The molecule has 0 radical (unpaired) electrons. The highest BCUT2D eigenvalue weighted by molar-refractivity contribution is 7.11. The van der Waals surface area contributed by atoms with E-state index in [0.717, 1.165) is 15.6 Å². The van der Waals surface area contributed by atoms with Crippen molar-refractivity contribution in [3.05, 3.63) is 50.5 Å². The van der Waals surface area contributed by atoms with Crippen LogP contribution in [-0.2, 0) is 0 Å². The van der Waals surface area contributed by atoms with Crippen molar-refractivity contribution < 1.29 is 8.78 Å². The molecule has 2 nitrogen and oxygen atoms in total. The monoisotopic (exact) mass is 310 g/mol. The molecule has 1 aromatic heterocycles. The fraction of sp³-hybridized carbons (Fsp3) is 0.438. The standard InChI is InChI=1S/C16H20F2N2S/c1-8-6-15(18)13(7-14(8)17)9(2)19-10(3)16-11(4)20-12(5)21-16/h6-7,9-10,19H,1-5H3. The van der Waals surface area contributed by atoms with Gasteiger partial charge in [0.2, 0.25) is 0 Å². The molecule has 0 aliphatic rings. The van der Waals surface area contributed by atoms with Crippen LogP contribution in [0.1, 0.15) is 52.6 Å². The van der Waals surface area contributed by atoms with Gasteiger partial charge in [0.05, 0.1) is 10.7 Å². The Hall–Kier alpha value is -1.33. The van der Waals surface area contributed by atoms with Crippen LogP contribution in [0.2, 0.25) is 0 Å². The average Bonchev–Trinajstić information content (AvgIpc) is 2.72. The van der Waals surface area contributed by atoms with Gasteiger partial charge in [-0.1, -0.05) is 0 Å². The van der Waals surface area contributed by atoms with Gasteiger partial charge in [-0.15, -0.1) is 11.3 Å². The summed E-state index contributed by atoms with van der Waals surface area (Å²) in [5.41, 5.74) is 1.66. The summed E-state index contributed by atoms with van der Waals surface area (Å²) in [7, 11) is 0. The number of aryl methyl sites for hydroxylation is 3. The lowest BCUT2D eigenvalue weighted by molar-refractivity contribution is 0.471. The van der Waals surface area contributed by atoms with E-state index in [2.05, 4.69) is 10.3 Å². The van der Waals surface area contributed by atoms with Crippen LogP contribution < -0.4 is 5.32 Å². The molecule has 0 saturated carbocycles. The molecule has 0 aliphatic heterocycles. The molecule has 0 spiro atoms. The first kappa shape index (κ1) is 16.0. The molecule has 114 valence electrons. The van der Waals surface area contributed by atoms with Gasteiger partial charge < -0.3 is 5.32 Å². The second kappa shape index (κ2) is 6.20. The van der Waals surface area contributed by atoms with Gasteiger partial charge in [-0.05, 0) is 52.3 Å². The van der Waals surface area contributed by atoms with E-state index in [0.29, 0.717) is 11.1 Å². The lowest BCUT2D eigenvalue weighted by Gasteiger charge is -2.20. The molecule has 2 unspecified atom stereocenters. The number of hydrogen-bond donors (Lipinski definition) is 1. The number of rotatable bonds is 4. The second-order valence-electron chi connectivity index (χ2n) is 5.42. The van der Waals surface area contributed by atoms with Crippen molar-refractivity contribution in [3.63, 3.8) is 0 Å². The Morgan fingerprint density at radius 2 is 1.71 bits per heavy atom. The predicted molar refractivity (Wildman–Crippen MR) is 82.6 cm³/mol. The van der Waals surface area contributed by atoms with Gasteiger partial charge in [0.15, 0.2) is 0 Å². The van der Waals surface area contributed by atoms with E-state index < -0.39 is 0 Å². The van der Waals surface area contributed by atoms with Gasteiger partial charge in [0.1, 0.15) is 11.6 Å². The molecule has 2 rings (SSSR count). The zero-order valence-electron chi connectivity index (χ0n) is 12.9. The van der Waals surface area contributed by atoms with Crippen molar-refractivity contribution >= 4 is 11.3 Å². The summed E-state index contributed by atoms with van der Waals surface area (Å²) in [4.78, 5) is 5.53. The highest BCUT2D eigenvalue weighted by Gasteiger charge is 2.19. The summed E-state index contributed by atoms with van der Waals surface area (Å²) in [6.45, 7) is 9.35. The highest BCUT2D eigenvalue weighted by atomic mass is 32.1. The van der Waals surface area contributed by atoms with Gasteiger partial charge in [0, 0.05) is 22.5 Å². The van der Waals surface area contributed by atoms with Crippen LogP contribution in [0.4, 0.5) is 8.78 Å². The molecule has 1 heterocycles. The van der Waals surface area contributed by atoms with Crippen LogP contribution in [0.15, 0.2) is 12.1 Å². The van der Waals surface area contributed by atoms with Crippen molar-refractivity contribution in [1.29, 1.82) is 0 Å². The molecular weight excluding hydrogens is 290 g/mol. The number of aromatic nitrogens is 1. The molecule has 0 bridgehead atoms. The average molecular weight is 310 g/mol. The number of thiazole rings is 1. The molecule has 5 heteroatoms. The fourth-order valence-electron chi connectivity index (χ4n) is 2.48. The fourth-order valence-corrected chi connectivity index (χ4v) is 3.42. The van der Waals surface area contributed by atoms with E-state index >= 15 is 0 Å². The Morgan fingerprint density at radius 3 is 2.29 bits per heavy atom. The molecule has 1 N–H and O–H groups in total. The third kappa shape index (κ3) is 3.47. The molecule has 0 aliphatic carbocycles. The van der Waals surface area contributed by atoms with E-state index in [1.54, 1.807) is 18.3 Å². The third-order valence-electron chi connectivity index (χ3n) is 3.58. The Labute approximate surface area is 128 Å². The van der Waals surface area contributed by atoms with E-state index in [1.165, 1.54) is 12.1 Å². The van der Waals surface area contributed by atoms with Gasteiger partial charge in [-0.25, -0.2) is 13.8 Å². The first-order valence-corrected chi connectivity index (χ1v) is 7.76. The van der Waals surface area contributed by atoms with Gasteiger partial charge in [-0.3, -0.25) is 0 Å².